The molecule has 0 unspecified atom stereocenters. The maximum Gasteiger partial charge on any atom is 0.328 e. The van der Waals surface area contributed by atoms with Crippen LogP contribution < -0.4 is 36.5 Å². The summed E-state index contributed by atoms with van der Waals surface area (Å²) in [5.74, 6) is -6.21. The number of amides is 4. The molecule has 8 N–H and O–H groups in total. The average molecular weight is 735 g/mol. The van der Waals surface area contributed by atoms with Crippen molar-refractivity contribution in [1.29, 1.82) is 0 Å². The highest BCUT2D eigenvalue weighted by Gasteiger charge is 2.37. The molecule has 2 aliphatic rings. The third kappa shape index (κ3) is 10.2. The second-order valence-electron chi connectivity index (χ2n) is 13.0. The summed E-state index contributed by atoms with van der Waals surface area (Å²) >= 11 is 0. The van der Waals surface area contributed by atoms with E-state index in [0.29, 0.717) is 5.56 Å². The van der Waals surface area contributed by atoms with Crippen LogP contribution in [0.5, 0.6) is 23.0 Å². The number of hydrogen-bond donors (Lipinski definition) is 7. The van der Waals surface area contributed by atoms with E-state index in [1.165, 1.54) is 25.3 Å². The van der Waals surface area contributed by atoms with Gasteiger partial charge in [0.1, 0.15) is 12.1 Å². The van der Waals surface area contributed by atoms with E-state index < -0.39 is 76.2 Å². The minimum atomic E-state index is -1.84. The summed E-state index contributed by atoms with van der Waals surface area (Å²) in [5, 5.41) is 43.7. The lowest BCUT2D eigenvalue weighted by molar-refractivity contribution is -0.385. The molecule has 0 aromatic heterocycles. The topological polar surface area (TPSA) is 262 Å². The van der Waals surface area contributed by atoms with Crippen LogP contribution in [0.2, 0.25) is 0 Å². The van der Waals surface area contributed by atoms with Crippen LogP contribution in [-0.4, -0.2) is 76.0 Å². The molecule has 3 aromatic rings. The number of carbonyl (C=O) groups excluding carboxylic acids is 4. The Hall–Kier alpha value is -6.23. The molecule has 0 saturated carbocycles. The lowest BCUT2D eigenvalue weighted by Gasteiger charge is -2.30. The molecule has 2 aliphatic heterocycles. The van der Waals surface area contributed by atoms with E-state index in [9.17, 15) is 44.3 Å². The third-order valence-corrected chi connectivity index (χ3v) is 8.37. The number of carboxylic acids is 1. The van der Waals surface area contributed by atoms with E-state index in [4.69, 9.17) is 15.2 Å². The van der Waals surface area contributed by atoms with Gasteiger partial charge < -0.3 is 46.7 Å². The number of methoxy groups -OCH3 is 1. The minimum absolute atomic E-state index is 0.0379. The number of aromatic hydroxyl groups is 1. The molecule has 17 heteroatoms. The number of aliphatic carboxylic acids is 1. The molecule has 0 aliphatic carbocycles. The molecule has 0 radical (unpaired) electrons. The van der Waals surface area contributed by atoms with Gasteiger partial charge in [0.15, 0.2) is 17.5 Å². The molecule has 4 amide bonds. The first-order chi connectivity index (χ1) is 25.1. The summed E-state index contributed by atoms with van der Waals surface area (Å²) in [6.45, 7) is 4.79. The van der Waals surface area contributed by atoms with E-state index in [0.717, 1.165) is 19.1 Å². The van der Waals surface area contributed by atoms with Gasteiger partial charge in [-0.25, -0.2) is 4.79 Å². The van der Waals surface area contributed by atoms with Crippen molar-refractivity contribution in [3.05, 3.63) is 87.5 Å². The van der Waals surface area contributed by atoms with Crippen LogP contribution in [0.15, 0.2) is 60.7 Å². The van der Waals surface area contributed by atoms with Crippen molar-refractivity contribution in [3.63, 3.8) is 0 Å². The number of nitrogens with two attached hydrogens (primary N) is 1. The zero-order valence-electron chi connectivity index (χ0n) is 29.5. The van der Waals surface area contributed by atoms with Gasteiger partial charge >= 0.3 is 11.7 Å². The Bertz CT molecular complexity index is 1870. The number of phenolic OH excluding ortho intramolecular Hbond substituents is 1. The first-order valence-corrected chi connectivity index (χ1v) is 16.6. The Labute approximate surface area is 304 Å². The highest BCUT2D eigenvalue weighted by molar-refractivity contribution is 5.94. The smallest absolute Gasteiger partial charge is 0.328 e. The Morgan fingerprint density at radius 2 is 1.75 bits per heavy atom. The highest BCUT2D eigenvalue weighted by Crippen LogP contribution is 2.44. The molecule has 5 rings (SSSR count). The van der Waals surface area contributed by atoms with Crippen LogP contribution in [0.25, 0.3) is 0 Å². The molecule has 0 spiro atoms. The van der Waals surface area contributed by atoms with Gasteiger partial charge in [-0.1, -0.05) is 50.2 Å². The predicted molar refractivity (Wildman–Crippen MR) is 189 cm³/mol. The first-order valence-electron chi connectivity index (χ1n) is 16.6. The molecule has 4 bridgehead atoms. The van der Waals surface area contributed by atoms with Gasteiger partial charge in [-0.05, 0) is 47.2 Å². The summed E-state index contributed by atoms with van der Waals surface area (Å²) in [4.78, 5) is 77.9. The minimum Gasteiger partial charge on any atom is -0.504 e. The molecule has 282 valence electrons. The maximum atomic E-state index is 14.2. The van der Waals surface area contributed by atoms with Crippen LogP contribution in [0.1, 0.15) is 49.9 Å². The number of nitro groups is 1. The SMILES string of the molecule is COc1c(O)cc2cc1Oc1ccc(cc1[N+](=O)[O-])C[C@@H](NC(=O)[C@H](N)CC(C)C)C(=O)N[C@@H](Cc1ccccc1)C(=O)N[C@H]2[C@H](NC(C)=O)C(=O)O. The zero-order chi connectivity index (χ0) is 39.0. The molecular formula is C36H42N6O11. The van der Waals surface area contributed by atoms with Crippen molar-refractivity contribution in [1.82, 2.24) is 21.3 Å². The van der Waals surface area contributed by atoms with E-state index >= 15 is 0 Å². The van der Waals surface area contributed by atoms with Gasteiger partial charge in [0, 0.05) is 25.8 Å². The second kappa shape index (κ2) is 17.3. The number of benzene rings is 3. The largest absolute Gasteiger partial charge is 0.504 e. The molecule has 5 atom stereocenters. The van der Waals surface area contributed by atoms with Crippen LogP contribution in [-0.2, 0) is 36.8 Å². The number of nitro benzene ring substituents is 1. The number of rotatable bonds is 11. The molecule has 0 saturated heterocycles. The van der Waals surface area contributed by atoms with Crippen molar-refractivity contribution in [2.24, 2.45) is 11.7 Å². The molecule has 17 nitrogen and oxygen atoms in total. The average Bonchev–Trinajstić information content (AvgIpc) is 3.08. The van der Waals surface area contributed by atoms with E-state index in [1.54, 1.807) is 30.3 Å². The summed E-state index contributed by atoms with van der Waals surface area (Å²) in [6, 6.07) is 7.38. The van der Waals surface area contributed by atoms with Gasteiger partial charge in [0.25, 0.3) is 0 Å². The van der Waals surface area contributed by atoms with E-state index in [-0.39, 0.29) is 53.6 Å². The summed E-state index contributed by atoms with van der Waals surface area (Å²) in [5.41, 5.74) is 6.28. The number of hydrogen-bond acceptors (Lipinski definition) is 11. The van der Waals surface area contributed by atoms with Crippen molar-refractivity contribution in [2.45, 2.75) is 70.2 Å². The van der Waals surface area contributed by atoms with Crippen LogP contribution in [0.4, 0.5) is 5.69 Å². The number of carboxylic acid groups (broad SMARTS) is 1. The fraction of sp³-hybridized carbons (Fsp3) is 0.361. The predicted octanol–water partition coefficient (Wildman–Crippen LogP) is 1.99. The molecule has 3 aromatic carbocycles. The van der Waals surface area contributed by atoms with Crippen molar-refractivity contribution < 1.29 is 48.6 Å². The standard InChI is InChI=1S/C36H42N6O11/c1-18(2)12-23(37)33(45)39-25-14-21-10-11-28(26(15-21)42(50)51)53-29-17-22(16-27(44)32(29)52-4)30(31(36(48)49)38-19(3)43)41-35(47)24(40-34(25)46)13-20-8-6-5-7-9-20/h5-11,15-18,23-25,30-31,44H,12-14,37H2,1-4H3,(H,38,43)(H,39,45)(H,40,46)(H,41,47)(H,48,49)/t23-,24+,25-,30-,31+/m1/s1. The summed E-state index contributed by atoms with van der Waals surface area (Å²) in [7, 11) is 1.19. The fourth-order valence-corrected chi connectivity index (χ4v) is 5.90. The number of carbonyl (C=O) groups is 5. The Morgan fingerprint density at radius 3 is 2.36 bits per heavy atom. The number of phenols is 1. The van der Waals surface area contributed by atoms with Gasteiger partial charge in [-0.2, -0.15) is 0 Å². The van der Waals surface area contributed by atoms with Crippen LogP contribution in [0, 0.1) is 16.0 Å². The number of ether oxygens (including phenoxy) is 2. The van der Waals surface area contributed by atoms with Crippen molar-refractivity contribution >= 4 is 35.3 Å². The molecular weight excluding hydrogens is 692 g/mol. The highest BCUT2D eigenvalue weighted by atomic mass is 16.6. The Kier molecular flexibility index (Phi) is 12.9. The monoisotopic (exact) mass is 734 g/mol. The number of nitrogens with zero attached hydrogens (tertiary/aromatic N) is 1. The summed E-state index contributed by atoms with van der Waals surface area (Å²) < 4.78 is 11.2. The van der Waals surface area contributed by atoms with Crippen molar-refractivity contribution in [3.8, 4) is 23.0 Å². The molecule has 0 fully saturated rings. The number of fused-ring (bicyclic) bond motifs is 9. The molecule has 2 heterocycles. The first kappa shape index (κ1) is 39.6. The van der Waals surface area contributed by atoms with Crippen LogP contribution >= 0.6 is 0 Å². The summed E-state index contributed by atoms with van der Waals surface area (Å²) in [6.07, 6.45) is -0.103. The quantitative estimate of drug-likeness (QED) is 0.110. The number of nitrogens with one attached hydrogen (secondary N) is 4. The Balaban J connectivity index is 1.95. The lowest BCUT2D eigenvalue weighted by atomic mass is 9.96. The van der Waals surface area contributed by atoms with Gasteiger partial charge in [-0.3, -0.25) is 29.3 Å². The Morgan fingerprint density at radius 1 is 1.06 bits per heavy atom. The zero-order valence-corrected chi connectivity index (χ0v) is 29.5. The maximum absolute atomic E-state index is 14.2. The normalized spacial score (nSPS) is 18.5. The van der Waals surface area contributed by atoms with E-state index in [1.807, 2.05) is 13.8 Å². The molecule has 53 heavy (non-hydrogen) atoms. The van der Waals surface area contributed by atoms with E-state index in [2.05, 4.69) is 21.3 Å². The van der Waals surface area contributed by atoms with Gasteiger partial charge in [-0.15, -0.1) is 0 Å². The second-order valence-corrected chi connectivity index (χ2v) is 13.0. The van der Waals surface area contributed by atoms with Crippen LogP contribution in [0.3, 0.4) is 0 Å². The van der Waals surface area contributed by atoms with Crippen molar-refractivity contribution in [2.75, 3.05) is 7.11 Å². The third-order valence-electron chi connectivity index (χ3n) is 8.37. The fourth-order valence-electron chi connectivity index (χ4n) is 5.90. The lowest BCUT2D eigenvalue weighted by Crippen LogP contribution is -2.58. The van der Waals surface area contributed by atoms with Gasteiger partial charge in [0.05, 0.1) is 24.1 Å². The van der Waals surface area contributed by atoms with Gasteiger partial charge in [0.2, 0.25) is 35.1 Å².